The van der Waals surface area contributed by atoms with Crippen LogP contribution in [0.2, 0.25) is 0 Å². The summed E-state index contributed by atoms with van der Waals surface area (Å²) in [4.78, 5) is 0. The van der Waals surface area contributed by atoms with E-state index in [9.17, 15) is 13.2 Å². The highest BCUT2D eigenvalue weighted by atomic mass is 19.4. The summed E-state index contributed by atoms with van der Waals surface area (Å²) in [5.41, 5.74) is 0. The van der Waals surface area contributed by atoms with Gasteiger partial charge in [0.05, 0.1) is 19.8 Å². The fourth-order valence-electron chi connectivity index (χ4n) is 0.885. The van der Waals surface area contributed by atoms with E-state index in [0.717, 1.165) is 0 Å². The molecule has 0 aliphatic heterocycles. The van der Waals surface area contributed by atoms with Gasteiger partial charge in [0.25, 0.3) is 0 Å². The summed E-state index contributed by atoms with van der Waals surface area (Å²) in [6, 6.07) is 0. The first kappa shape index (κ1) is 14.6. The summed E-state index contributed by atoms with van der Waals surface area (Å²) in [6.07, 6.45) is -7.38. The molecule has 4 nitrogen and oxygen atoms in total. The molecule has 0 fully saturated rings. The van der Waals surface area contributed by atoms with Crippen LogP contribution in [0.25, 0.3) is 0 Å². The molecule has 0 radical (unpaired) electrons. The Morgan fingerprint density at radius 2 is 1.13 bits per heavy atom. The molecule has 0 rings (SSSR count). The lowest BCUT2D eigenvalue weighted by Crippen LogP contribution is -2.46. The average molecular weight is 232 g/mol. The first-order chi connectivity index (χ1) is 6.89. The molecule has 15 heavy (non-hydrogen) atoms. The zero-order valence-electron chi connectivity index (χ0n) is 8.89. The van der Waals surface area contributed by atoms with Crippen LogP contribution in [-0.2, 0) is 18.9 Å². The third-order valence-electron chi connectivity index (χ3n) is 1.20. The number of halogens is 3. The topological polar surface area (TPSA) is 36.9 Å². The summed E-state index contributed by atoms with van der Waals surface area (Å²) in [6.45, 7) is 4.42. The molecule has 92 valence electrons. The molecule has 0 bridgehead atoms. The molecule has 0 saturated heterocycles. The molecule has 0 amide bonds. The van der Waals surface area contributed by atoms with Gasteiger partial charge in [-0.25, -0.2) is 4.74 Å². The Kier molecular flexibility index (Phi) is 6.11. The Balaban J connectivity index is 4.60. The van der Waals surface area contributed by atoms with Gasteiger partial charge in [0.1, 0.15) is 0 Å². The van der Waals surface area contributed by atoms with Crippen molar-refractivity contribution in [2.24, 2.45) is 0 Å². The number of alkyl halides is 3. The highest BCUT2D eigenvalue weighted by Crippen LogP contribution is 2.28. The van der Waals surface area contributed by atoms with E-state index in [4.69, 9.17) is 14.2 Å². The quantitative estimate of drug-likeness (QED) is 0.631. The molecule has 0 aromatic heterocycles. The molecule has 0 heterocycles. The predicted octanol–water partition coefficient (Wildman–Crippen LogP) is 2.24. The van der Waals surface area contributed by atoms with Crippen LogP contribution in [-0.4, -0.2) is 32.3 Å². The highest BCUT2D eigenvalue weighted by Gasteiger charge is 2.47. The molecule has 0 spiro atoms. The number of hydrogen-bond acceptors (Lipinski definition) is 4. The Bertz CT molecular complexity index is 155. The van der Waals surface area contributed by atoms with E-state index in [-0.39, 0.29) is 19.8 Å². The molecule has 0 N–H and O–H groups in total. The maximum Gasteiger partial charge on any atom is 0.528 e. The summed E-state index contributed by atoms with van der Waals surface area (Å²) in [7, 11) is 0. The fourth-order valence-corrected chi connectivity index (χ4v) is 0.885. The van der Waals surface area contributed by atoms with E-state index in [1.165, 1.54) is 20.8 Å². The van der Waals surface area contributed by atoms with E-state index in [1.54, 1.807) is 0 Å². The zero-order valence-corrected chi connectivity index (χ0v) is 8.89. The molecule has 0 aliphatic rings. The van der Waals surface area contributed by atoms with E-state index < -0.39 is 12.5 Å². The first-order valence-electron chi connectivity index (χ1n) is 4.57. The SMILES string of the molecule is CCOC(OCC)(OCC)OC(F)(F)F. The molecule has 0 aliphatic carbocycles. The van der Waals surface area contributed by atoms with Gasteiger partial charge in [0.2, 0.25) is 0 Å². The van der Waals surface area contributed by atoms with Crippen LogP contribution >= 0.6 is 0 Å². The molecular weight excluding hydrogens is 217 g/mol. The summed E-state index contributed by atoms with van der Waals surface area (Å²) >= 11 is 0. The average Bonchev–Trinajstić information content (AvgIpc) is 2.01. The monoisotopic (exact) mass is 232 g/mol. The van der Waals surface area contributed by atoms with Crippen molar-refractivity contribution in [2.75, 3.05) is 19.8 Å². The molecule has 0 aromatic carbocycles. The molecule has 0 atom stereocenters. The predicted molar refractivity (Wildman–Crippen MR) is 44.7 cm³/mol. The van der Waals surface area contributed by atoms with E-state index in [1.807, 2.05) is 0 Å². The summed E-state index contributed by atoms with van der Waals surface area (Å²) in [5.74, 6) is 0. The van der Waals surface area contributed by atoms with Gasteiger partial charge in [-0.3, -0.25) is 0 Å². The standard InChI is InChI=1S/C8H15F3O4/c1-4-12-8(13-5-2,14-6-3)15-7(9,10)11/h4-6H2,1-3H3. The maximum atomic E-state index is 12.1. The Morgan fingerprint density at radius 1 is 0.800 bits per heavy atom. The smallest absolute Gasteiger partial charge is 0.303 e. The van der Waals surface area contributed by atoms with Gasteiger partial charge < -0.3 is 14.2 Å². The van der Waals surface area contributed by atoms with Gasteiger partial charge in [0, 0.05) is 0 Å². The lowest BCUT2D eigenvalue weighted by atomic mass is 10.8. The van der Waals surface area contributed by atoms with Crippen LogP contribution < -0.4 is 0 Å². The van der Waals surface area contributed by atoms with Crippen molar-refractivity contribution >= 4 is 0 Å². The van der Waals surface area contributed by atoms with E-state index in [0.29, 0.717) is 0 Å². The Hall–Kier alpha value is -0.370. The maximum absolute atomic E-state index is 12.1. The number of rotatable bonds is 7. The minimum Gasteiger partial charge on any atom is -0.303 e. The van der Waals surface area contributed by atoms with Crippen molar-refractivity contribution in [1.82, 2.24) is 0 Å². The van der Waals surface area contributed by atoms with Crippen molar-refractivity contribution in [3.05, 3.63) is 0 Å². The van der Waals surface area contributed by atoms with Gasteiger partial charge in [0.15, 0.2) is 0 Å². The molecular formula is C8H15F3O4. The third kappa shape index (κ3) is 5.93. The van der Waals surface area contributed by atoms with Crippen molar-refractivity contribution < 1.29 is 32.1 Å². The minimum absolute atomic E-state index is 0.0317. The van der Waals surface area contributed by atoms with Gasteiger partial charge in [-0.15, -0.1) is 13.2 Å². The van der Waals surface area contributed by atoms with Crippen molar-refractivity contribution in [1.29, 1.82) is 0 Å². The van der Waals surface area contributed by atoms with Gasteiger partial charge >= 0.3 is 12.5 Å². The lowest BCUT2D eigenvalue weighted by molar-refractivity contribution is -0.563. The largest absolute Gasteiger partial charge is 0.528 e. The number of ether oxygens (including phenoxy) is 4. The highest BCUT2D eigenvalue weighted by molar-refractivity contribution is 4.43. The van der Waals surface area contributed by atoms with E-state index in [2.05, 4.69) is 4.74 Å². The molecule has 0 saturated carbocycles. The van der Waals surface area contributed by atoms with Crippen LogP contribution in [0.1, 0.15) is 20.8 Å². The second-order valence-electron chi connectivity index (χ2n) is 2.35. The normalized spacial score (nSPS) is 13.2. The zero-order chi connectivity index (χ0) is 11.9. The third-order valence-corrected chi connectivity index (χ3v) is 1.20. The molecule has 0 unspecified atom stereocenters. The fraction of sp³-hybridized carbons (Fsp3) is 1.00. The van der Waals surface area contributed by atoms with Crippen molar-refractivity contribution in [3.63, 3.8) is 0 Å². The van der Waals surface area contributed by atoms with Gasteiger partial charge in [-0.2, -0.15) is 0 Å². The lowest BCUT2D eigenvalue weighted by Gasteiger charge is -2.31. The second-order valence-corrected chi connectivity index (χ2v) is 2.35. The summed E-state index contributed by atoms with van der Waals surface area (Å²) in [5, 5.41) is 0. The molecule has 0 aromatic rings. The molecule has 7 heteroatoms. The van der Waals surface area contributed by atoms with Crippen LogP contribution in [0, 0.1) is 0 Å². The first-order valence-corrected chi connectivity index (χ1v) is 4.57. The van der Waals surface area contributed by atoms with Gasteiger partial charge in [-0.1, -0.05) is 0 Å². The Morgan fingerprint density at radius 3 is 1.33 bits per heavy atom. The number of hydrogen-bond donors (Lipinski definition) is 0. The van der Waals surface area contributed by atoms with Crippen LogP contribution in [0.5, 0.6) is 0 Å². The Labute approximate surface area is 86.2 Å². The van der Waals surface area contributed by atoms with E-state index >= 15 is 0 Å². The van der Waals surface area contributed by atoms with Crippen molar-refractivity contribution in [3.8, 4) is 0 Å². The van der Waals surface area contributed by atoms with Crippen LogP contribution in [0.3, 0.4) is 0 Å². The second kappa shape index (κ2) is 6.26. The van der Waals surface area contributed by atoms with Crippen molar-refractivity contribution in [2.45, 2.75) is 33.3 Å². The minimum atomic E-state index is -4.89. The van der Waals surface area contributed by atoms with Crippen LogP contribution in [0.4, 0.5) is 13.2 Å². The van der Waals surface area contributed by atoms with Gasteiger partial charge in [-0.05, 0) is 20.8 Å². The summed E-state index contributed by atoms with van der Waals surface area (Å²) < 4.78 is 54.0. The van der Waals surface area contributed by atoms with Crippen LogP contribution in [0.15, 0.2) is 0 Å².